The van der Waals surface area contributed by atoms with Crippen molar-refractivity contribution in [2.75, 3.05) is 5.32 Å². The molecule has 25 heavy (non-hydrogen) atoms. The van der Waals surface area contributed by atoms with E-state index in [0.717, 1.165) is 16.9 Å². The molecule has 1 aromatic heterocycles. The molecule has 3 aromatic rings. The number of hydrogen-bond donors (Lipinski definition) is 1. The summed E-state index contributed by atoms with van der Waals surface area (Å²) in [5, 5.41) is 2.85. The first-order valence-electron chi connectivity index (χ1n) is 8.11. The summed E-state index contributed by atoms with van der Waals surface area (Å²) in [4.78, 5) is 16.6. The van der Waals surface area contributed by atoms with Crippen LogP contribution >= 0.6 is 0 Å². The minimum Gasteiger partial charge on any atom is -0.439 e. The first-order chi connectivity index (χ1) is 12.0. The van der Waals surface area contributed by atoms with E-state index in [2.05, 4.69) is 16.4 Å². The maximum Gasteiger partial charge on any atom is 0.255 e. The molecule has 0 radical (unpaired) electrons. The maximum atomic E-state index is 12.3. The van der Waals surface area contributed by atoms with Crippen molar-refractivity contribution in [2.24, 2.45) is 0 Å². The molecular weight excluding hydrogens is 312 g/mol. The minimum absolute atomic E-state index is 0.150. The van der Waals surface area contributed by atoms with Crippen molar-refractivity contribution in [3.8, 4) is 11.6 Å². The SMILES string of the molecule is Cc1ccc(Oc2ccc(NC(=O)c3ccccc3C)cn2)c(C)c1. The van der Waals surface area contributed by atoms with Crippen molar-refractivity contribution in [2.45, 2.75) is 20.8 Å². The van der Waals surface area contributed by atoms with Crippen molar-refractivity contribution in [3.63, 3.8) is 0 Å². The van der Waals surface area contributed by atoms with E-state index in [1.807, 2.05) is 51.1 Å². The zero-order chi connectivity index (χ0) is 17.8. The number of hydrogen-bond acceptors (Lipinski definition) is 3. The van der Waals surface area contributed by atoms with E-state index in [1.54, 1.807) is 24.4 Å². The predicted molar refractivity (Wildman–Crippen MR) is 99.4 cm³/mol. The van der Waals surface area contributed by atoms with Crippen molar-refractivity contribution >= 4 is 11.6 Å². The summed E-state index contributed by atoms with van der Waals surface area (Å²) >= 11 is 0. The third kappa shape index (κ3) is 4.04. The molecule has 0 aliphatic carbocycles. The smallest absolute Gasteiger partial charge is 0.255 e. The summed E-state index contributed by atoms with van der Waals surface area (Å²) in [6.07, 6.45) is 1.59. The molecular formula is C21H20N2O2. The van der Waals surface area contributed by atoms with E-state index in [1.165, 1.54) is 5.56 Å². The van der Waals surface area contributed by atoms with Gasteiger partial charge in [-0.3, -0.25) is 4.79 Å². The van der Waals surface area contributed by atoms with Gasteiger partial charge in [0.25, 0.3) is 5.91 Å². The number of pyridine rings is 1. The largest absolute Gasteiger partial charge is 0.439 e. The molecule has 0 bridgehead atoms. The second-order valence-corrected chi connectivity index (χ2v) is 6.03. The lowest BCUT2D eigenvalue weighted by Crippen LogP contribution is -2.13. The molecule has 1 amide bonds. The summed E-state index contributed by atoms with van der Waals surface area (Å²) in [7, 11) is 0. The lowest BCUT2D eigenvalue weighted by molar-refractivity contribution is 0.102. The second kappa shape index (κ2) is 7.18. The third-order valence-electron chi connectivity index (χ3n) is 3.93. The number of ether oxygens (including phenoxy) is 1. The Bertz CT molecular complexity index is 902. The maximum absolute atomic E-state index is 12.3. The van der Waals surface area contributed by atoms with E-state index < -0.39 is 0 Å². The van der Waals surface area contributed by atoms with Crippen LogP contribution < -0.4 is 10.1 Å². The summed E-state index contributed by atoms with van der Waals surface area (Å²) < 4.78 is 5.80. The lowest BCUT2D eigenvalue weighted by Gasteiger charge is -2.10. The Labute approximate surface area is 147 Å². The molecule has 0 unspecified atom stereocenters. The number of nitrogens with one attached hydrogen (secondary N) is 1. The first kappa shape index (κ1) is 16.7. The highest BCUT2D eigenvalue weighted by Gasteiger charge is 2.09. The molecule has 3 rings (SSSR count). The van der Waals surface area contributed by atoms with Gasteiger partial charge in [0.2, 0.25) is 5.88 Å². The van der Waals surface area contributed by atoms with Crippen LogP contribution in [0.15, 0.2) is 60.8 Å². The third-order valence-corrected chi connectivity index (χ3v) is 3.93. The number of anilines is 1. The van der Waals surface area contributed by atoms with Gasteiger partial charge in [-0.15, -0.1) is 0 Å². The standard InChI is InChI=1S/C21H20N2O2/c1-14-8-10-19(16(3)12-14)25-20-11-9-17(13-22-20)23-21(24)18-7-5-4-6-15(18)2/h4-13H,1-3H3,(H,23,24). The fourth-order valence-electron chi connectivity index (χ4n) is 2.57. The van der Waals surface area contributed by atoms with E-state index in [0.29, 0.717) is 17.1 Å². The van der Waals surface area contributed by atoms with Gasteiger partial charge in [-0.2, -0.15) is 0 Å². The van der Waals surface area contributed by atoms with Crippen LogP contribution in [0, 0.1) is 20.8 Å². The number of amides is 1. The number of nitrogens with zero attached hydrogens (tertiary/aromatic N) is 1. The van der Waals surface area contributed by atoms with Crippen LogP contribution in [0.4, 0.5) is 5.69 Å². The van der Waals surface area contributed by atoms with E-state index in [4.69, 9.17) is 4.74 Å². The molecule has 4 nitrogen and oxygen atoms in total. The zero-order valence-electron chi connectivity index (χ0n) is 14.5. The summed E-state index contributed by atoms with van der Waals surface area (Å²) in [5.41, 5.74) is 4.45. The Morgan fingerprint density at radius 3 is 2.44 bits per heavy atom. The fraction of sp³-hybridized carbons (Fsp3) is 0.143. The van der Waals surface area contributed by atoms with Gasteiger partial charge in [0.05, 0.1) is 11.9 Å². The number of rotatable bonds is 4. The topological polar surface area (TPSA) is 51.2 Å². The first-order valence-corrected chi connectivity index (χ1v) is 8.11. The second-order valence-electron chi connectivity index (χ2n) is 6.03. The molecule has 0 fully saturated rings. The number of benzene rings is 2. The zero-order valence-corrected chi connectivity index (χ0v) is 14.5. The van der Waals surface area contributed by atoms with Gasteiger partial charge in [0.1, 0.15) is 5.75 Å². The van der Waals surface area contributed by atoms with Crippen LogP contribution in [0.5, 0.6) is 11.6 Å². The minimum atomic E-state index is -0.150. The highest BCUT2D eigenvalue weighted by Crippen LogP contribution is 2.25. The molecule has 4 heteroatoms. The van der Waals surface area contributed by atoms with Gasteiger partial charge in [0.15, 0.2) is 0 Å². The highest BCUT2D eigenvalue weighted by molar-refractivity contribution is 6.05. The Balaban J connectivity index is 1.70. The van der Waals surface area contributed by atoms with Gasteiger partial charge in [0, 0.05) is 11.6 Å². The van der Waals surface area contributed by atoms with E-state index >= 15 is 0 Å². The average Bonchev–Trinajstić information content (AvgIpc) is 2.59. The van der Waals surface area contributed by atoms with Gasteiger partial charge in [-0.05, 0) is 50.1 Å². The highest BCUT2D eigenvalue weighted by atomic mass is 16.5. The molecule has 0 saturated heterocycles. The lowest BCUT2D eigenvalue weighted by atomic mass is 10.1. The van der Waals surface area contributed by atoms with Gasteiger partial charge in [-0.25, -0.2) is 4.98 Å². The monoisotopic (exact) mass is 332 g/mol. The van der Waals surface area contributed by atoms with Crippen molar-refractivity contribution in [3.05, 3.63) is 83.0 Å². The van der Waals surface area contributed by atoms with E-state index in [9.17, 15) is 4.79 Å². The van der Waals surface area contributed by atoms with Gasteiger partial charge >= 0.3 is 0 Å². The molecule has 1 heterocycles. The van der Waals surface area contributed by atoms with Gasteiger partial charge < -0.3 is 10.1 Å². The van der Waals surface area contributed by atoms with E-state index in [-0.39, 0.29) is 5.91 Å². The fourth-order valence-corrected chi connectivity index (χ4v) is 2.57. The quantitative estimate of drug-likeness (QED) is 0.727. The summed E-state index contributed by atoms with van der Waals surface area (Å²) in [6, 6.07) is 17.0. The van der Waals surface area contributed by atoms with Crippen LogP contribution in [0.25, 0.3) is 0 Å². The number of aromatic nitrogens is 1. The van der Waals surface area contributed by atoms with Crippen LogP contribution in [0.1, 0.15) is 27.0 Å². The molecule has 1 N–H and O–H groups in total. The summed E-state index contributed by atoms with van der Waals surface area (Å²) in [6.45, 7) is 5.95. The Kier molecular flexibility index (Phi) is 4.80. The Hall–Kier alpha value is -3.14. The summed E-state index contributed by atoms with van der Waals surface area (Å²) in [5.74, 6) is 1.11. The molecule has 126 valence electrons. The average molecular weight is 332 g/mol. The Morgan fingerprint density at radius 2 is 1.76 bits per heavy atom. The number of aryl methyl sites for hydroxylation is 3. The molecule has 0 saturated carbocycles. The predicted octanol–water partition coefficient (Wildman–Crippen LogP) is 5.05. The van der Waals surface area contributed by atoms with Crippen molar-refractivity contribution in [1.29, 1.82) is 0 Å². The molecule has 0 aliphatic heterocycles. The van der Waals surface area contributed by atoms with Crippen LogP contribution in [0.3, 0.4) is 0 Å². The number of carbonyl (C=O) groups is 1. The molecule has 2 aromatic carbocycles. The number of carbonyl (C=O) groups excluding carboxylic acids is 1. The molecule has 0 aliphatic rings. The Morgan fingerprint density at radius 1 is 0.960 bits per heavy atom. The van der Waals surface area contributed by atoms with Crippen LogP contribution in [0.2, 0.25) is 0 Å². The van der Waals surface area contributed by atoms with Crippen LogP contribution in [-0.2, 0) is 0 Å². The van der Waals surface area contributed by atoms with Crippen molar-refractivity contribution < 1.29 is 9.53 Å². The molecule has 0 spiro atoms. The van der Waals surface area contributed by atoms with Crippen molar-refractivity contribution in [1.82, 2.24) is 4.98 Å². The molecule has 0 atom stereocenters. The van der Waals surface area contributed by atoms with Crippen LogP contribution in [-0.4, -0.2) is 10.9 Å². The van der Waals surface area contributed by atoms with Gasteiger partial charge in [-0.1, -0.05) is 35.9 Å². The normalized spacial score (nSPS) is 10.4.